The molecule has 2 nitrogen and oxygen atoms in total. The van der Waals surface area contributed by atoms with Crippen LogP contribution in [0.25, 0.3) is 0 Å². The number of hydrogen-bond acceptors (Lipinski definition) is 1. The predicted molar refractivity (Wildman–Crippen MR) is 78.4 cm³/mol. The van der Waals surface area contributed by atoms with E-state index in [2.05, 4.69) is 5.32 Å². The number of nitrogens with one attached hydrogen (secondary N) is 1. The van der Waals surface area contributed by atoms with Crippen LogP contribution in [0.4, 0.5) is 0 Å². The van der Waals surface area contributed by atoms with E-state index in [0.29, 0.717) is 22.0 Å². The van der Waals surface area contributed by atoms with Gasteiger partial charge in [-0.25, -0.2) is 0 Å². The minimum absolute atomic E-state index is 0.233. The lowest BCUT2D eigenvalue weighted by molar-refractivity contribution is 0.0913. The standard InChI is InChI=1S/C12H13Cl4NO/c1-2-12(6-13,7-14)17-11(18)9-5-8(15)3-4-10(9)16/h3-5H,2,6-7H2,1H3,(H,17,18). The van der Waals surface area contributed by atoms with Crippen LogP contribution in [0, 0.1) is 0 Å². The molecule has 0 saturated heterocycles. The Labute approximate surface area is 127 Å². The summed E-state index contributed by atoms with van der Waals surface area (Å²) in [6, 6.07) is 4.72. The van der Waals surface area contributed by atoms with Crippen LogP contribution in [0.3, 0.4) is 0 Å². The van der Waals surface area contributed by atoms with Crippen LogP contribution in [-0.4, -0.2) is 23.2 Å². The minimum atomic E-state index is -0.633. The maximum absolute atomic E-state index is 12.1. The molecule has 18 heavy (non-hydrogen) atoms. The molecule has 1 aromatic carbocycles. The molecule has 0 heterocycles. The average molecular weight is 329 g/mol. The predicted octanol–water partition coefficient (Wildman–Crippen LogP) is 4.35. The number of carbonyl (C=O) groups is 1. The zero-order valence-electron chi connectivity index (χ0n) is 9.77. The Hall–Kier alpha value is -0.150. The number of alkyl halides is 2. The molecule has 1 rings (SSSR count). The van der Waals surface area contributed by atoms with Gasteiger partial charge < -0.3 is 5.32 Å². The van der Waals surface area contributed by atoms with Crippen molar-refractivity contribution >= 4 is 52.3 Å². The molecular weight excluding hydrogens is 316 g/mol. The van der Waals surface area contributed by atoms with Gasteiger partial charge in [0.25, 0.3) is 5.91 Å². The summed E-state index contributed by atoms with van der Waals surface area (Å²) in [5.74, 6) is 0.138. The third kappa shape index (κ3) is 3.67. The van der Waals surface area contributed by atoms with Gasteiger partial charge in [-0.05, 0) is 24.6 Å². The van der Waals surface area contributed by atoms with Crippen molar-refractivity contribution in [1.29, 1.82) is 0 Å². The Bertz CT molecular complexity index is 424. The summed E-state index contributed by atoms with van der Waals surface area (Å²) in [6.07, 6.45) is 0.629. The molecule has 1 amide bonds. The van der Waals surface area contributed by atoms with Gasteiger partial charge in [0.1, 0.15) is 0 Å². The molecule has 0 spiro atoms. The van der Waals surface area contributed by atoms with Gasteiger partial charge in [0.05, 0.1) is 16.1 Å². The Morgan fingerprint density at radius 1 is 1.28 bits per heavy atom. The van der Waals surface area contributed by atoms with E-state index in [-0.39, 0.29) is 17.7 Å². The van der Waals surface area contributed by atoms with Crippen molar-refractivity contribution < 1.29 is 4.79 Å². The largest absolute Gasteiger partial charge is 0.344 e. The third-order valence-electron chi connectivity index (χ3n) is 2.74. The van der Waals surface area contributed by atoms with Crippen molar-refractivity contribution in [1.82, 2.24) is 5.32 Å². The van der Waals surface area contributed by atoms with E-state index in [4.69, 9.17) is 46.4 Å². The first-order valence-corrected chi connectivity index (χ1v) is 7.20. The Kier molecular flexibility index (Phi) is 6.06. The second-order valence-electron chi connectivity index (χ2n) is 3.98. The van der Waals surface area contributed by atoms with E-state index < -0.39 is 5.54 Å². The highest BCUT2D eigenvalue weighted by molar-refractivity contribution is 6.35. The second-order valence-corrected chi connectivity index (χ2v) is 5.36. The zero-order chi connectivity index (χ0) is 13.8. The number of carbonyl (C=O) groups excluding carboxylic acids is 1. The molecule has 0 unspecified atom stereocenters. The van der Waals surface area contributed by atoms with Crippen molar-refractivity contribution in [3.05, 3.63) is 33.8 Å². The smallest absolute Gasteiger partial charge is 0.253 e. The van der Waals surface area contributed by atoms with Crippen LogP contribution in [0.2, 0.25) is 10.0 Å². The number of halogens is 4. The molecule has 0 radical (unpaired) electrons. The molecule has 0 saturated carbocycles. The monoisotopic (exact) mass is 327 g/mol. The van der Waals surface area contributed by atoms with Gasteiger partial charge >= 0.3 is 0 Å². The van der Waals surface area contributed by atoms with Gasteiger partial charge in [0.2, 0.25) is 0 Å². The fourth-order valence-electron chi connectivity index (χ4n) is 1.36. The van der Waals surface area contributed by atoms with E-state index in [0.717, 1.165) is 0 Å². The van der Waals surface area contributed by atoms with Gasteiger partial charge in [-0.1, -0.05) is 30.1 Å². The van der Waals surface area contributed by atoms with Crippen molar-refractivity contribution in [2.45, 2.75) is 18.9 Å². The summed E-state index contributed by atoms with van der Waals surface area (Å²) in [5, 5.41) is 3.60. The van der Waals surface area contributed by atoms with Crippen LogP contribution < -0.4 is 5.32 Å². The molecule has 0 atom stereocenters. The lowest BCUT2D eigenvalue weighted by Crippen LogP contribution is -2.51. The molecule has 100 valence electrons. The van der Waals surface area contributed by atoms with E-state index in [1.807, 2.05) is 6.92 Å². The first kappa shape index (κ1) is 15.9. The molecule has 6 heteroatoms. The first-order chi connectivity index (χ1) is 8.48. The lowest BCUT2D eigenvalue weighted by Gasteiger charge is -2.29. The first-order valence-electron chi connectivity index (χ1n) is 5.37. The summed E-state index contributed by atoms with van der Waals surface area (Å²) in [7, 11) is 0. The van der Waals surface area contributed by atoms with E-state index in [9.17, 15) is 4.79 Å². The molecular formula is C12H13Cl4NO. The fraction of sp³-hybridized carbons (Fsp3) is 0.417. The quantitative estimate of drug-likeness (QED) is 0.800. The summed E-state index contributed by atoms with van der Waals surface area (Å²) >= 11 is 23.5. The van der Waals surface area contributed by atoms with E-state index in [1.165, 1.54) is 6.07 Å². The third-order valence-corrected chi connectivity index (χ3v) is 4.33. The highest BCUT2D eigenvalue weighted by Gasteiger charge is 2.29. The summed E-state index contributed by atoms with van der Waals surface area (Å²) in [6.45, 7) is 1.91. The topological polar surface area (TPSA) is 29.1 Å². The molecule has 0 bridgehead atoms. The van der Waals surface area contributed by atoms with Crippen LogP contribution in [0.5, 0.6) is 0 Å². The zero-order valence-corrected chi connectivity index (χ0v) is 12.8. The van der Waals surface area contributed by atoms with Gasteiger partial charge in [-0.2, -0.15) is 0 Å². The number of benzene rings is 1. The van der Waals surface area contributed by atoms with Crippen molar-refractivity contribution in [3.8, 4) is 0 Å². The van der Waals surface area contributed by atoms with Crippen molar-refractivity contribution in [3.63, 3.8) is 0 Å². The summed E-state index contributed by atoms with van der Waals surface area (Å²) in [5.41, 5.74) is -0.316. The highest BCUT2D eigenvalue weighted by atomic mass is 35.5. The molecule has 0 fully saturated rings. The van der Waals surface area contributed by atoms with E-state index >= 15 is 0 Å². The SMILES string of the molecule is CCC(CCl)(CCl)NC(=O)c1cc(Cl)ccc1Cl. The minimum Gasteiger partial charge on any atom is -0.344 e. The molecule has 0 aromatic heterocycles. The Balaban J connectivity index is 2.97. The average Bonchev–Trinajstić information content (AvgIpc) is 2.38. The van der Waals surface area contributed by atoms with E-state index in [1.54, 1.807) is 12.1 Å². The number of amides is 1. The van der Waals surface area contributed by atoms with Crippen molar-refractivity contribution in [2.24, 2.45) is 0 Å². The molecule has 1 N–H and O–H groups in total. The Morgan fingerprint density at radius 2 is 1.89 bits per heavy atom. The fourth-order valence-corrected chi connectivity index (χ4v) is 2.53. The Morgan fingerprint density at radius 3 is 2.39 bits per heavy atom. The van der Waals surface area contributed by atoms with Crippen LogP contribution in [0.15, 0.2) is 18.2 Å². The normalized spacial score (nSPS) is 11.4. The molecule has 0 aliphatic heterocycles. The second kappa shape index (κ2) is 6.85. The molecule has 0 aliphatic rings. The van der Waals surface area contributed by atoms with Crippen LogP contribution in [-0.2, 0) is 0 Å². The van der Waals surface area contributed by atoms with Crippen LogP contribution >= 0.6 is 46.4 Å². The molecule has 1 aromatic rings. The maximum atomic E-state index is 12.1. The van der Waals surface area contributed by atoms with Gasteiger partial charge in [0, 0.05) is 16.8 Å². The van der Waals surface area contributed by atoms with Crippen LogP contribution in [0.1, 0.15) is 23.7 Å². The van der Waals surface area contributed by atoms with Crippen molar-refractivity contribution in [2.75, 3.05) is 11.8 Å². The number of hydrogen-bond donors (Lipinski definition) is 1. The highest BCUT2D eigenvalue weighted by Crippen LogP contribution is 2.22. The summed E-state index contributed by atoms with van der Waals surface area (Å²) < 4.78 is 0. The lowest BCUT2D eigenvalue weighted by atomic mass is 10.0. The molecule has 0 aliphatic carbocycles. The van der Waals surface area contributed by atoms with Gasteiger partial charge in [-0.3, -0.25) is 4.79 Å². The van der Waals surface area contributed by atoms with Gasteiger partial charge in [0.15, 0.2) is 0 Å². The van der Waals surface area contributed by atoms with Gasteiger partial charge in [-0.15, -0.1) is 23.2 Å². The maximum Gasteiger partial charge on any atom is 0.253 e. The number of rotatable bonds is 5. The summed E-state index contributed by atoms with van der Waals surface area (Å²) in [4.78, 5) is 12.1.